The van der Waals surface area contributed by atoms with Crippen molar-refractivity contribution in [3.05, 3.63) is 17.8 Å². The third kappa shape index (κ3) is 2.42. The number of aromatic nitrogens is 2. The van der Waals surface area contributed by atoms with E-state index in [2.05, 4.69) is 15.5 Å². The Balaban J connectivity index is 2.78. The Kier molecular flexibility index (Phi) is 3.39. The van der Waals surface area contributed by atoms with Crippen molar-refractivity contribution in [1.82, 2.24) is 15.1 Å². The van der Waals surface area contributed by atoms with E-state index >= 15 is 0 Å². The van der Waals surface area contributed by atoms with Crippen LogP contribution in [-0.4, -0.2) is 41.6 Å². The maximum Gasteiger partial charge on any atom is 0.273 e. The van der Waals surface area contributed by atoms with Gasteiger partial charge in [0.2, 0.25) is 0 Å². The molecule has 0 aliphatic rings. The van der Waals surface area contributed by atoms with Gasteiger partial charge in [0.15, 0.2) is 5.69 Å². The average Bonchev–Trinajstić information content (AvgIpc) is 2.18. The van der Waals surface area contributed by atoms with Gasteiger partial charge in [-0.25, -0.2) is 0 Å². The summed E-state index contributed by atoms with van der Waals surface area (Å²) in [5.41, 5.74) is 0.358. The second kappa shape index (κ2) is 4.55. The molecule has 0 radical (unpaired) electrons. The summed E-state index contributed by atoms with van der Waals surface area (Å²) in [5.74, 6) is 0.545. The Morgan fingerprint density at radius 2 is 2.14 bits per heavy atom. The first-order chi connectivity index (χ1) is 6.65. The topological polar surface area (TPSA) is 58.1 Å². The zero-order chi connectivity index (χ0) is 10.6. The average molecular weight is 194 g/mol. The van der Waals surface area contributed by atoms with Gasteiger partial charge in [-0.15, -0.1) is 10.2 Å². The maximum absolute atomic E-state index is 11.4. The molecule has 1 aromatic heterocycles. The first-order valence-corrected chi connectivity index (χ1v) is 4.44. The first-order valence-electron chi connectivity index (χ1n) is 4.44. The summed E-state index contributed by atoms with van der Waals surface area (Å²) < 4.78 is 0. The van der Waals surface area contributed by atoms with Crippen molar-refractivity contribution in [1.29, 1.82) is 0 Å². The fourth-order valence-electron chi connectivity index (χ4n) is 0.951. The lowest BCUT2D eigenvalue weighted by molar-refractivity contribution is 0.0821. The molecule has 0 saturated carbocycles. The van der Waals surface area contributed by atoms with Crippen LogP contribution in [0.15, 0.2) is 12.1 Å². The monoisotopic (exact) mass is 194 g/mol. The van der Waals surface area contributed by atoms with Gasteiger partial charge in [-0.2, -0.15) is 0 Å². The van der Waals surface area contributed by atoms with E-state index in [9.17, 15) is 4.79 Å². The van der Waals surface area contributed by atoms with E-state index in [-0.39, 0.29) is 5.91 Å². The number of hydrogen-bond donors (Lipinski definition) is 1. The number of hydrogen-bond acceptors (Lipinski definition) is 4. The van der Waals surface area contributed by atoms with Gasteiger partial charge in [-0.05, 0) is 19.1 Å². The van der Waals surface area contributed by atoms with Crippen LogP contribution < -0.4 is 5.32 Å². The van der Waals surface area contributed by atoms with Crippen molar-refractivity contribution >= 4 is 11.7 Å². The molecule has 0 bridgehead atoms. The van der Waals surface area contributed by atoms with Gasteiger partial charge in [-0.1, -0.05) is 0 Å². The van der Waals surface area contributed by atoms with Crippen LogP contribution in [0.25, 0.3) is 0 Å². The van der Waals surface area contributed by atoms with E-state index in [0.29, 0.717) is 11.5 Å². The van der Waals surface area contributed by atoms with Crippen LogP contribution in [0.3, 0.4) is 0 Å². The van der Waals surface area contributed by atoms with Gasteiger partial charge in [-0.3, -0.25) is 4.79 Å². The molecule has 1 aromatic rings. The Bertz CT molecular complexity index is 307. The van der Waals surface area contributed by atoms with Crippen molar-refractivity contribution in [3.8, 4) is 0 Å². The fraction of sp³-hybridized carbons (Fsp3) is 0.444. The normalized spacial score (nSPS) is 9.64. The van der Waals surface area contributed by atoms with E-state index in [1.54, 1.807) is 26.2 Å². The second-order valence-electron chi connectivity index (χ2n) is 3.03. The predicted octanol–water partition coefficient (Wildman–Crippen LogP) is 0.610. The zero-order valence-electron chi connectivity index (χ0n) is 8.61. The van der Waals surface area contributed by atoms with E-state index in [1.807, 2.05) is 6.92 Å². The predicted molar refractivity (Wildman–Crippen MR) is 54.2 cm³/mol. The van der Waals surface area contributed by atoms with Crippen LogP contribution in [0, 0.1) is 0 Å². The van der Waals surface area contributed by atoms with Gasteiger partial charge in [0.1, 0.15) is 5.82 Å². The van der Waals surface area contributed by atoms with Crippen LogP contribution in [0.5, 0.6) is 0 Å². The van der Waals surface area contributed by atoms with Gasteiger partial charge in [0.25, 0.3) is 5.91 Å². The molecule has 5 heteroatoms. The van der Waals surface area contributed by atoms with Crippen molar-refractivity contribution in [2.75, 3.05) is 26.0 Å². The van der Waals surface area contributed by atoms with Crippen molar-refractivity contribution in [2.24, 2.45) is 0 Å². The van der Waals surface area contributed by atoms with E-state index < -0.39 is 0 Å². The number of carbonyl (C=O) groups excluding carboxylic acids is 1. The highest BCUT2D eigenvalue weighted by atomic mass is 16.2. The van der Waals surface area contributed by atoms with Gasteiger partial charge in [0, 0.05) is 20.6 Å². The summed E-state index contributed by atoms with van der Waals surface area (Å²) >= 11 is 0. The second-order valence-corrected chi connectivity index (χ2v) is 3.03. The third-order valence-electron chi connectivity index (χ3n) is 1.65. The molecule has 1 N–H and O–H groups in total. The SMILES string of the molecule is CCNc1ccc(C(=O)N(C)C)nn1. The number of rotatable bonds is 3. The lowest BCUT2D eigenvalue weighted by atomic mass is 10.3. The molecule has 76 valence electrons. The number of anilines is 1. The number of amides is 1. The Morgan fingerprint density at radius 1 is 1.43 bits per heavy atom. The smallest absolute Gasteiger partial charge is 0.273 e. The quantitative estimate of drug-likeness (QED) is 0.766. The molecular weight excluding hydrogens is 180 g/mol. The molecule has 0 unspecified atom stereocenters. The van der Waals surface area contributed by atoms with E-state index in [0.717, 1.165) is 6.54 Å². The van der Waals surface area contributed by atoms with Crippen LogP contribution in [0.1, 0.15) is 17.4 Å². The molecule has 0 atom stereocenters. The summed E-state index contributed by atoms with van der Waals surface area (Å²) in [6.07, 6.45) is 0. The highest BCUT2D eigenvalue weighted by molar-refractivity contribution is 5.91. The minimum absolute atomic E-state index is 0.138. The molecule has 0 saturated heterocycles. The minimum atomic E-state index is -0.138. The standard InChI is InChI=1S/C9H14N4O/c1-4-10-8-6-5-7(11-12-8)9(14)13(2)3/h5-6H,4H2,1-3H3,(H,10,12). The Morgan fingerprint density at radius 3 is 2.57 bits per heavy atom. The highest BCUT2D eigenvalue weighted by Gasteiger charge is 2.09. The molecule has 1 rings (SSSR count). The van der Waals surface area contributed by atoms with Crippen LogP contribution in [0.2, 0.25) is 0 Å². The fourth-order valence-corrected chi connectivity index (χ4v) is 0.951. The Hall–Kier alpha value is -1.65. The lowest BCUT2D eigenvalue weighted by Gasteiger charge is -2.08. The van der Waals surface area contributed by atoms with Crippen molar-refractivity contribution < 1.29 is 4.79 Å². The molecule has 14 heavy (non-hydrogen) atoms. The van der Waals surface area contributed by atoms with E-state index in [4.69, 9.17) is 0 Å². The molecule has 0 spiro atoms. The molecule has 0 fully saturated rings. The molecule has 0 aliphatic heterocycles. The minimum Gasteiger partial charge on any atom is -0.369 e. The summed E-state index contributed by atoms with van der Waals surface area (Å²) in [5, 5.41) is 10.7. The summed E-state index contributed by atoms with van der Waals surface area (Å²) in [6, 6.07) is 3.40. The van der Waals surface area contributed by atoms with Gasteiger partial charge in [0.05, 0.1) is 0 Å². The highest BCUT2D eigenvalue weighted by Crippen LogP contribution is 2.02. The van der Waals surface area contributed by atoms with Crippen molar-refractivity contribution in [3.63, 3.8) is 0 Å². The molecule has 0 aromatic carbocycles. The first kappa shape index (κ1) is 10.4. The third-order valence-corrected chi connectivity index (χ3v) is 1.65. The van der Waals surface area contributed by atoms with Crippen LogP contribution >= 0.6 is 0 Å². The summed E-state index contributed by atoms with van der Waals surface area (Å²) in [4.78, 5) is 12.9. The summed E-state index contributed by atoms with van der Waals surface area (Å²) in [6.45, 7) is 2.76. The summed E-state index contributed by atoms with van der Waals surface area (Å²) in [7, 11) is 3.37. The van der Waals surface area contributed by atoms with Crippen LogP contribution in [0.4, 0.5) is 5.82 Å². The van der Waals surface area contributed by atoms with Gasteiger partial charge >= 0.3 is 0 Å². The molecule has 1 heterocycles. The largest absolute Gasteiger partial charge is 0.369 e. The van der Waals surface area contributed by atoms with Gasteiger partial charge < -0.3 is 10.2 Å². The number of nitrogens with zero attached hydrogens (tertiary/aromatic N) is 3. The van der Waals surface area contributed by atoms with Crippen molar-refractivity contribution in [2.45, 2.75) is 6.92 Å². The molecular formula is C9H14N4O. The maximum atomic E-state index is 11.4. The Labute approximate surface area is 83.1 Å². The lowest BCUT2D eigenvalue weighted by Crippen LogP contribution is -2.23. The molecule has 0 aliphatic carbocycles. The van der Waals surface area contributed by atoms with Crippen LogP contribution in [-0.2, 0) is 0 Å². The zero-order valence-corrected chi connectivity index (χ0v) is 8.61. The molecule has 1 amide bonds. The number of carbonyl (C=O) groups is 1. The van der Waals surface area contributed by atoms with E-state index in [1.165, 1.54) is 4.90 Å². The number of nitrogens with one attached hydrogen (secondary N) is 1. The molecule has 5 nitrogen and oxygen atoms in total.